The van der Waals surface area contributed by atoms with Crippen LogP contribution in [0.5, 0.6) is 0 Å². The molecule has 0 atom stereocenters. The average Bonchev–Trinajstić information content (AvgIpc) is 1.88. The average molecular weight is 189 g/mol. The Morgan fingerprint density at radius 1 is 0.875 bits per heavy atom. The highest BCUT2D eigenvalue weighted by molar-refractivity contribution is 6.22. The van der Waals surface area contributed by atoms with Crippen molar-refractivity contribution >= 4 is 43.7 Å². The molecule has 0 aromatic carbocycles. The van der Waals surface area contributed by atoms with Gasteiger partial charge >= 0.3 is 0 Å². The first-order valence-electron chi connectivity index (χ1n) is 2.95. The van der Waals surface area contributed by atoms with E-state index >= 15 is 0 Å². The second-order valence-electron chi connectivity index (χ2n) is 1.38. The lowest BCUT2D eigenvalue weighted by atomic mass is 11.0. The van der Waals surface area contributed by atoms with Crippen LogP contribution >= 0.6 is 23.2 Å². The number of hydrogen-bond acceptors (Lipinski definition) is 0. The standard InChI is InChI=1S/2C2H7ClSi/c2*3-1-2-4/h2*1-2H2,4H3. The quantitative estimate of drug-likeness (QED) is 0.424. The molecule has 8 heavy (non-hydrogen) atoms. The molecule has 0 unspecified atom stereocenters. The first-order valence-corrected chi connectivity index (χ1v) is 6.85. The molecule has 0 aliphatic rings. The van der Waals surface area contributed by atoms with Crippen molar-refractivity contribution in [2.24, 2.45) is 0 Å². The summed E-state index contributed by atoms with van der Waals surface area (Å²) in [4.78, 5) is 0. The van der Waals surface area contributed by atoms with E-state index in [1.54, 1.807) is 0 Å². The molecule has 0 spiro atoms. The summed E-state index contributed by atoms with van der Waals surface area (Å²) < 4.78 is 0. The van der Waals surface area contributed by atoms with Crippen molar-refractivity contribution < 1.29 is 0 Å². The lowest BCUT2D eigenvalue weighted by molar-refractivity contribution is 1.49. The van der Waals surface area contributed by atoms with Gasteiger partial charge in [-0.2, -0.15) is 0 Å². The van der Waals surface area contributed by atoms with Gasteiger partial charge in [0.15, 0.2) is 0 Å². The molecule has 4 heteroatoms. The van der Waals surface area contributed by atoms with E-state index < -0.39 is 0 Å². The molecule has 0 nitrogen and oxygen atoms in total. The van der Waals surface area contributed by atoms with Gasteiger partial charge in [0.05, 0.1) is 0 Å². The molecule has 0 aromatic heterocycles. The Hall–Kier alpha value is 1.01. The summed E-state index contributed by atoms with van der Waals surface area (Å²) in [5.74, 6) is 1.71. The van der Waals surface area contributed by atoms with E-state index in [4.69, 9.17) is 23.2 Å². The number of alkyl halides is 2. The smallest absolute Gasteiger partial charge is 0.0192 e. The zero-order valence-electron chi connectivity index (χ0n) is 5.58. The van der Waals surface area contributed by atoms with Crippen LogP contribution in [0.15, 0.2) is 0 Å². The Morgan fingerprint density at radius 2 is 1.00 bits per heavy atom. The first-order chi connectivity index (χ1) is 3.83. The van der Waals surface area contributed by atoms with Gasteiger partial charge in [0.2, 0.25) is 0 Å². The normalized spacial score (nSPS) is 8.25. The van der Waals surface area contributed by atoms with Crippen molar-refractivity contribution in [3.05, 3.63) is 0 Å². The molecule has 0 saturated heterocycles. The Labute approximate surface area is 67.8 Å². The largest absolute Gasteiger partial charge is 0.127 e. The van der Waals surface area contributed by atoms with E-state index in [9.17, 15) is 0 Å². The van der Waals surface area contributed by atoms with Gasteiger partial charge in [0.25, 0.3) is 0 Å². The molecule has 52 valence electrons. The number of halogens is 2. The number of rotatable bonds is 2. The van der Waals surface area contributed by atoms with Gasteiger partial charge in [-0.3, -0.25) is 0 Å². The summed E-state index contributed by atoms with van der Waals surface area (Å²) in [6, 6.07) is 2.45. The first kappa shape index (κ1) is 11.8. The van der Waals surface area contributed by atoms with Crippen LogP contribution in [-0.4, -0.2) is 32.2 Å². The van der Waals surface area contributed by atoms with Crippen LogP contribution in [0.4, 0.5) is 0 Å². The predicted octanol–water partition coefficient (Wildman–Crippen LogP) is 0.0178. The third-order valence-electron chi connectivity index (χ3n) is 0.378. The predicted molar refractivity (Wildman–Crippen MR) is 50.9 cm³/mol. The highest BCUT2D eigenvalue weighted by Gasteiger charge is 1.59. The van der Waals surface area contributed by atoms with Crippen molar-refractivity contribution in [3.63, 3.8) is 0 Å². The van der Waals surface area contributed by atoms with Crippen molar-refractivity contribution in [1.82, 2.24) is 0 Å². The summed E-state index contributed by atoms with van der Waals surface area (Å²) >= 11 is 10.4. The molecule has 0 aromatic rings. The van der Waals surface area contributed by atoms with Gasteiger partial charge < -0.3 is 0 Å². The Kier molecular flexibility index (Phi) is 23.1. The van der Waals surface area contributed by atoms with Crippen LogP contribution in [-0.2, 0) is 0 Å². The molecule has 0 saturated carbocycles. The van der Waals surface area contributed by atoms with E-state index in [0.717, 1.165) is 11.8 Å². The second-order valence-corrected chi connectivity index (χ2v) is 4.13. The molecule has 0 aliphatic heterocycles. The van der Waals surface area contributed by atoms with Gasteiger partial charge in [0, 0.05) is 32.2 Å². The molecule has 0 fully saturated rings. The molecule has 0 aliphatic carbocycles. The summed E-state index contributed by atoms with van der Waals surface area (Å²) in [7, 11) is 2.52. The molecule has 0 amide bonds. The minimum Gasteiger partial charge on any atom is -0.127 e. The van der Waals surface area contributed by atoms with Crippen molar-refractivity contribution in [3.8, 4) is 0 Å². The van der Waals surface area contributed by atoms with Gasteiger partial charge in [-0.05, 0) is 0 Å². The van der Waals surface area contributed by atoms with E-state index in [2.05, 4.69) is 0 Å². The summed E-state index contributed by atoms with van der Waals surface area (Å²) in [6.45, 7) is 0. The van der Waals surface area contributed by atoms with Gasteiger partial charge in [-0.25, -0.2) is 0 Å². The van der Waals surface area contributed by atoms with Crippen molar-refractivity contribution in [2.75, 3.05) is 11.8 Å². The van der Waals surface area contributed by atoms with Gasteiger partial charge in [-0.1, -0.05) is 12.1 Å². The van der Waals surface area contributed by atoms with E-state index in [-0.39, 0.29) is 0 Å². The van der Waals surface area contributed by atoms with Crippen LogP contribution in [0.2, 0.25) is 12.1 Å². The SMILES string of the molecule is [SiH3]CCCl.[SiH3]CCCl. The molecule has 0 bridgehead atoms. The molecule has 0 N–H and O–H groups in total. The van der Waals surface area contributed by atoms with Gasteiger partial charge in [-0.15, -0.1) is 23.2 Å². The zero-order valence-corrected chi connectivity index (χ0v) is 11.1. The van der Waals surface area contributed by atoms with Crippen LogP contribution in [0, 0.1) is 0 Å². The third-order valence-corrected chi connectivity index (χ3v) is 3.40. The topological polar surface area (TPSA) is 0 Å². The summed E-state index contributed by atoms with van der Waals surface area (Å²) in [5, 5.41) is 0. The second kappa shape index (κ2) is 15.7. The Balaban J connectivity index is 0. The van der Waals surface area contributed by atoms with E-state index in [1.807, 2.05) is 0 Å². The van der Waals surface area contributed by atoms with E-state index in [0.29, 0.717) is 0 Å². The fraction of sp³-hybridized carbons (Fsp3) is 1.00. The molecular formula is C4H14Cl2Si2. The van der Waals surface area contributed by atoms with Crippen LogP contribution in [0.1, 0.15) is 0 Å². The lowest BCUT2D eigenvalue weighted by Gasteiger charge is -1.65. The molecule has 0 radical (unpaired) electrons. The minimum absolute atomic E-state index is 0.853. The Bertz CT molecular complexity index is 20.0. The van der Waals surface area contributed by atoms with E-state index in [1.165, 1.54) is 32.6 Å². The maximum atomic E-state index is 5.22. The lowest BCUT2D eigenvalue weighted by Crippen LogP contribution is -1.62. The minimum atomic E-state index is 0.853. The van der Waals surface area contributed by atoms with Crippen molar-refractivity contribution in [2.45, 2.75) is 12.1 Å². The summed E-state index contributed by atoms with van der Waals surface area (Å²) in [5.41, 5.74) is 0. The molecular weight excluding hydrogens is 175 g/mol. The maximum absolute atomic E-state index is 5.22. The Morgan fingerprint density at radius 3 is 1.00 bits per heavy atom. The van der Waals surface area contributed by atoms with Crippen molar-refractivity contribution in [1.29, 1.82) is 0 Å². The fourth-order valence-electron chi connectivity index (χ4n) is 0. The molecule has 0 heterocycles. The monoisotopic (exact) mass is 188 g/mol. The highest BCUT2D eigenvalue weighted by atomic mass is 35.5. The zero-order chi connectivity index (χ0) is 6.83. The third kappa shape index (κ3) is 27.9. The number of hydrogen-bond donors (Lipinski definition) is 0. The molecule has 0 rings (SSSR count). The highest BCUT2D eigenvalue weighted by Crippen LogP contribution is 1.73. The van der Waals surface area contributed by atoms with Crippen LogP contribution in [0.25, 0.3) is 0 Å². The van der Waals surface area contributed by atoms with Crippen LogP contribution < -0.4 is 0 Å². The van der Waals surface area contributed by atoms with Gasteiger partial charge in [0.1, 0.15) is 0 Å². The summed E-state index contributed by atoms with van der Waals surface area (Å²) in [6.07, 6.45) is 0. The van der Waals surface area contributed by atoms with Crippen LogP contribution in [0.3, 0.4) is 0 Å². The fourth-order valence-corrected chi connectivity index (χ4v) is 0. The maximum Gasteiger partial charge on any atom is 0.0192 e.